The molecule has 3 rings (SSSR count). The second-order valence-corrected chi connectivity index (χ2v) is 8.64. The SMILES string of the molecule is O=C(CN1CCC(C(=O)NCCc2cccs2)CC1)NCc1ccccc1OC(F)(F)F. The highest BCUT2D eigenvalue weighted by Gasteiger charge is 2.32. The van der Waals surface area contributed by atoms with Gasteiger partial charge in [0.15, 0.2) is 0 Å². The number of ether oxygens (including phenoxy) is 1. The summed E-state index contributed by atoms with van der Waals surface area (Å²) in [7, 11) is 0. The second-order valence-electron chi connectivity index (χ2n) is 7.60. The molecule has 1 aromatic heterocycles. The molecule has 0 radical (unpaired) electrons. The summed E-state index contributed by atoms with van der Waals surface area (Å²) in [6.07, 6.45) is -2.64. The van der Waals surface area contributed by atoms with Crippen LogP contribution in [0.3, 0.4) is 0 Å². The smallest absolute Gasteiger partial charge is 0.405 e. The molecule has 1 aliphatic heterocycles. The Hall–Kier alpha value is -2.59. The first kappa shape index (κ1) is 24.1. The van der Waals surface area contributed by atoms with Crippen LogP contribution in [0.1, 0.15) is 23.3 Å². The van der Waals surface area contributed by atoms with Crippen molar-refractivity contribution in [3.63, 3.8) is 0 Å². The van der Waals surface area contributed by atoms with Gasteiger partial charge in [0, 0.05) is 29.4 Å². The van der Waals surface area contributed by atoms with Crippen molar-refractivity contribution in [1.29, 1.82) is 0 Å². The third-order valence-corrected chi connectivity index (χ3v) is 6.19. The fraction of sp³-hybridized carbons (Fsp3) is 0.455. The van der Waals surface area contributed by atoms with Crippen molar-refractivity contribution in [3.8, 4) is 5.75 Å². The number of thiophene rings is 1. The Bertz CT molecular complexity index is 882. The first-order valence-electron chi connectivity index (χ1n) is 10.4. The molecule has 1 fully saturated rings. The lowest BCUT2D eigenvalue weighted by molar-refractivity contribution is -0.274. The molecule has 1 aromatic carbocycles. The van der Waals surface area contributed by atoms with Crippen LogP contribution in [0.15, 0.2) is 41.8 Å². The molecule has 0 saturated carbocycles. The van der Waals surface area contributed by atoms with Gasteiger partial charge in [-0.3, -0.25) is 14.5 Å². The molecule has 1 aliphatic rings. The van der Waals surface area contributed by atoms with E-state index >= 15 is 0 Å². The van der Waals surface area contributed by atoms with E-state index in [1.54, 1.807) is 17.4 Å². The van der Waals surface area contributed by atoms with Gasteiger partial charge in [-0.1, -0.05) is 24.3 Å². The van der Waals surface area contributed by atoms with Gasteiger partial charge >= 0.3 is 6.36 Å². The van der Waals surface area contributed by atoms with Crippen LogP contribution in [-0.4, -0.2) is 49.3 Å². The van der Waals surface area contributed by atoms with Crippen LogP contribution in [0.25, 0.3) is 0 Å². The summed E-state index contributed by atoms with van der Waals surface area (Å²) in [4.78, 5) is 27.8. The largest absolute Gasteiger partial charge is 0.573 e. The van der Waals surface area contributed by atoms with Crippen LogP contribution in [0, 0.1) is 5.92 Å². The number of hydrogen-bond donors (Lipinski definition) is 2. The van der Waals surface area contributed by atoms with Crippen LogP contribution < -0.4 is 15.4 Å². The Balaban J connectivity index is 1.36. The molecule has 2 N–H and O–H groups in total. The molecule has 0 unspecified atom stereocenters. The maximum absolute atomic E-state index is 12.5. The summed E-state index contributed by atoms with van der Waals surface area (Å²) in [6.45, 7) is 1.92. The monoisotopic (exact) mass is 469 g/mol. The lowest BCUT2D eigenvalue weighted by Gasteiger charge is -2.30. The van der Waals surface area contributed by atoms with Crippen LogP contribution in [0.2, 0.25) is 0 Å². The topological polar surface area (TPSA) is 70.7 Å². The van der Waals surface area contributed by atoms with Gasteiger partial charge in [0.2, 0.25) is 11.8 Å². The number of nitrogens with zero attached hydrogens (tertiary/aromatic N) is 1. The first-order valence-corrected chi connectivity index (χ1v) is 11.3. The summed E-state index contributed by atoms with van der Waals surface area (Å²) < 4.78 is 41.5. The summed E-state index contributed by atoms with van der Waals surface area (Å²) in [5, 5.41) is 7.64. The van der Waals surface area contributed by atoms with Gasteiger partial charge in [-0.2, -0.15) is 0 Å². The first-order chi connectivity index (χ1) is 15.3. The minimum Gasteiger partial charge on any atom is -0.405 e. The molecule has 0 bridgehead atoms. The maximum Gasteiger partial charge on any atom is 0.573 e. The predicted molar refractivity (Wildman–Crippen MR) is 115 cm³/mol. The Morgan fingerprint density at radius 3 is 2.53 bits per heavy atom. The highest BCUT2D eigenvalue weighted by atomic mass is 32.1. The quantitative estimate of drug-likeness (QED) is 0.591. The molecule has 1 saturated heterocycles. The van der Waals surface area contributed by atoms with E-state index in [0.29, 0.717) is 32.5 Å². The Kier molecular flexibility index (Phi) is 8.52. The Morgan fingerprint density at radius 1 is 1.09 bits per heavy atom. The third-order valence-electron chi connectivity index (χ3n) is 5.25. The summed E-state index contributed by atoms with van der Waals surface area (Å²) in [5.74, 6) is -0.632. The van der Waals surface area contributed by atoms with E-state index in [2.05, 4.69) is 15.4 Å². The highest BCUT2D eigenvalue weighted by molar-refractivity contribution is 7.09. The lowest BCUT2D eigenvalue weighted by Crippen LogP contribution is -2.44. The molecule has 32 heavy (non-hydrogen) atoms. The number of hydrogen-bond acceptors (Lipinski definition) is 5. The fourth-order valence-electron chi connectivity index (χ4n) is 3.59. The number of para-hydroxylation sites is 1. The van der Waals surface area contributed by atoms with E-state index in [9.17, 15) is 22.8 Å². The Morgan fingerprint density at radius 2 is 1.84 bits per heavy atom. The van der Waals surface area contributed by atoms with Gasteiger partial charge in [0.25, 0.3) is 0 Å². The Labute approximate surface area is 188 Å². The minimum atomic E-state index is -4.79. The van der Waals surface area contributed by atoms with E-state index in [1.165, 1.54) is 23.1 Å². The lowest BCUT2D eigenvalue weighted by atomic mass is 9.96. The molecule has 0 atom stereocenters. The van der Waals surface area contributed by atoms with E-state index in [0.717, 1.165) is 6.42 Å². The zero-order chi connectivity index (χ0) is 23.0. The molecule has 6 nitrogen and oxygen atoms in total. The van der Waals surface area contributed by atoms with Crippen LogP contribution >= 0.6 is 11.3 Å². The highest BCUT2D eigenvalue weighted by Crippen LogP contribution is 2.26. The van der Waals surface area contributed by atoms with Crippen LogP contribution in [0.4, 0.5) is 13.2 Å². The van der Waals surface area contributed by atoms with E-state index in [4.69, 9.17) is 0 Å². The zero-order valence-electron chi connectivity index (χ0n) is 17.5. The van der Waals surface area contributed by atoms with Crippen molar-refractivity contribution in [3.05, 3.63) is 52.2 Å². The van der Waals surface area contributed by atoms with Crippen molar-refractivity contribution in [2.75, 3.05) is 26.2 Å². The second kappa shape index (κ2) is 11.3. The van der Waals surface area contributed by atoms with Crippen molar-refractivity contribution in [2.45, 2.75) is 32.2 Å². The zero-order valence-corrected chi connectivity index (χ0v) is 18.3. The summed E-state index contributed by atoms with van der Waals surface area (Å²) >= 11 is 1.67. The third kappa shape index (κ3) is 7.83. The van der Waals surface area contributed by atoms with Gasteiger partial charge in [0.1, 0.15) is 5.75 Å². The fourth-order valence-corrected chi connectivity index (χ4v) is 4.30. The molecule has 174 valence electrons. The van der Waals surface area contributed by atoms with Gasteiger partial charge in [-0.15, -0.1) is 24.5 Å². The summed E-state index contributed by atoms with van der Waals surface area (Å²) in [6, 6.07) is 9.75. The van der Waals surface area contributed by atoms with Crippen molar-refractivity contribution in [1.82, 2.24) is 15.5 Å². The van der Waals surface area contributed by atoms with Crippen molar-refractivity contribution < 1.29 is 27.5 Å². The molecular formula is C22H26F3N3O3S. The number of piperidine rings is 1. The molecule has 2 heterocycles. The van der Waals surface area contributed by atoms with E-state index in [-0.39, 0.29) is 42.1 Å². The number of carbonyl (C=O) groups excluding carboxylic acids is 2. The number of alkyl halides is 3. The van der Waals surface area contributed by atoms with Gasteiger partial charge in [-0.05, 0) is 49.9 Å². The van der Waals surface area contributed by atoms with Gasteiger partial charge in [0.05, 0.1) is 6.54 Å². The number of nitrogens with one attached hydrogen (secondary N) is 2. The normalized spacial score (nSPS) is 15.3. The maximum atomic E-state index is 12.5. The van der Waals surface area contributed by atoms with Crippen LogP contribution in [0.5, 0.6) is 5.75 Å². The number of halogens is 3. The number of amides is 2. The molecule has 2 aromatic rings. The standard InChI is InChI=1S/C22H26F3N3O3S/c23-22(24,25)31-19-6-2-1-4-17(19)14-27-20(29)15-28-11-8-16(9-12-28)21(30)26-10-7-18-5-3-13-32-18/h1-6,13,16H,7-12,14-15H2,(H,26,30)(H,27,29). The molecule has 0 aliphatic carbocycles. The van der Waals surface area contributed by atoms with Gasteiger partial charge in [-0.25, -0.2) is 0 Å². The van der Waals surface area contributed by atoms with Crippen molar-refractivity contribution in [2.24, 2.45) is 5.92 Å². The predicted octanol–water partition coefficient (Wildman–Crippen LogP) is 3.33. The van der Waals surface area contributed by atoms with Crippen molar-refractivity contribution >= 4 is 23.2 Å². The molecule has 2 amide bonds. The van der Waals surface area contributed by atoms with Gasteiger partial charge < -0.3 is 15.4 Å². The number of carbonyl (C=O) groups is 2. The average molecular weight is 470 g/mol. The average Bonchev–Trinajstić information content (AvgIpc) is 3.26. The van der Waals surface area contributed by atoms with E-state index in [1.807, 2.05) is 22.4 Å². The molecule has 10 heteroatoms. The van der Waals surface area contributed by atoms with E-state index < -0.39 is 6.36 Å². The molecule has 0 spiro atoms. The van der Waals surface area contributed by atoms with Crippen LogP contribution in [-0.2, 0) is 22.6 Å². The summed E-state index contributed by atoms with van der Waals surface area (Å²) in [5.41, 5.74) is 0.246. The molecular weight excluding hydrogens is 443 g/mol. The number of rotatable bonds is 9. The number of benzene rings is 1. The number of likely N-dealkylation sites (tertiary alicyclic amines) is 1. The minimum absolute atomic E-state index is 0.0481.